The Morgan fingerprint density at radius 3 is 2.89 bits per heavy atom. The quantitative estimate of drug-likeness (QED) is 0.910. The fraction of sp³-hybridized carbons (Fsp3) is 0.400. The molecule has 1 N–H and O–H groups in total. The van der Waals surface area contributed by atoms with Crippen LogP contribution in [0.2, 0.25) is 0 Å². The number of carbonyl (C=O) groups excluding carboxylic acids is 1. The van der Waals surface area contributed by atoms with Crippen LogP contribution >= 0.6 is 11.3 Å². The number of rotatable bonds is 5. The van der Waals surface area contributed by atoms with E-state index < -0.39 is 0 Å². The topological polar surface area (TPSA) is 32.3 Å². The molecule has 2 rings (SSSR count). The Morgan fingerprint density at radius 2 is 2.16 bits per heavy atom. The molecule has 2 aromatic rings. The van der Waals surface area contributed by atoms with Gasteiger partial charge in [0.2, 0.25) is 5.91 Å². The van der Waals surface area contributed by atoms with Gasteiger partial charge in [-0.3, -0.25) is 4.79 Å². The maximum atomic E-state index is 12.2. The zero-order valence-electron chi connectivity index (χ0n) is 11.6. The molecule has 1 atom stereocenters. The van der Waals surface area contributed by atoms with Crippen LogP contribution in [0.5, 0.6) is 0 Å². The van der Waals surface area contributed by atoms with Gasteiger partial charge in [0.05, 0.1) is 0 Å². The van der Waals surface area contributed by atoms with E-state index in [0.717, 1.165) is 0 Å². The zero-order chi connectivity index (χ0) is 13.8. The number of carbonyl (C=O) groups is 1. The van der Waals surface area contributed by atoms with Crippen LogP contribution in [0.1, 0.15) is 12.5 Å². The molecule has 19 heavy (non-hydrogen) atoms. The fourth-order valence-corrected chi connectivity index (χ4v) is 3.21. The van der Waals surface area contributed by atoms with Crippen LogP contribution in [0, 0.1) is 5.92 Å². The summed E-state index contributed by atoms with van der Waals surface area (Å²) in [6.07, 6.45) is 0. The van der Waals surface area contributed by atoms with Gasteiger partial charge in [-0.2, -0.15) is 0 Å². The van der Waals surface area contributed by atoms with Gasteiger partial charge in [0.1, 0.15) is 0 Å². The van der Waals surface area contributed by atoms with Gasteiger partial charge in [-0.25, -0.2) is 0 Å². The minimum Gasteiger partial charge on any atom is -0.341 e. The highest BCUT2D eigenvalue weighted by atomic mass is 32.1. The zero-order valence-corrected chi connectivity index (χ0v) is 12.5. The van der Waals surface area contributed by atoms with Crippen molar-refractivity contribution in [2.75, 3.05) is 20.6 Å². The summed E-state index contributed by atoms with van der Waals surface area (Å²) in [6.45, 7) is 3.35. The average Bonchev–Trinajstić information content (AvgIpc) is 2.81. The fourth-order valence-electron chi connectivity index (χ4n) is 2.26. The minimum absolute atomic E-state index is 0.0138. The van der Waals surface area contributed by atoms with Crippen LogP contribution in [-0.2, 0) is 11.3 Å². The highest BCUT2D eigenvalue weighted by molar-refractivity contribution is 7.17. The molecule has 1 heterocycles. The van der Waals surface area contributed by atoms with E-state index in [-0.39, 0.29) is 11.8 Å². The maximum absolute atomic E-state index is 12.2. The third kappa shape index (κ3) is 3.14. The first kappa shape index (κ1) is 14.0. The van der Waals surface area contributed by atoms with Crippen molar-refractivity contribution >= 4 is 27.3 Å². The third-order valence-corrected chi connectivity index (χ3v) is 4.29. The lowest BCUT2D eigenvalue weighted by Gasteiger charge is -2.21. The molecule has 1 aromatic carbocycles. The minimum atomic E-state index is 0.0138. The van der Waals surface area contributed by atoms with Crippen molar-refractivity contribution in [3.63, 3.8) is 0 Å². The molecule has 102 valence electrons. The Bertz CT molecular complexity index is 564. The van der Waals surface area contributed by atoms with E-state index in [1.807, 2.05) is 38.1 Å². The molecule has 0 aliphatic carbocycles. The van der Waals surface area contributed by atoms with Crippen LogP contribution in [0.3, 0.4) is 0 Å². The van der Waals surface area contributed by atoms with Crippen molar-refractivity contribution in [2.24, 2.45) is 5.92 Å². The molecule has 0 saturated heterocycles. The number of thiophene rings is 1. The molecule has 0 aliphatic rings. The molecule has 1 amide bonds. The maximum Gasteiger partial charge on any atom is 0.226 e. The normalized spacial score (nSPS) is 12.6. The predicted octanol–water partition coefficient (Wildman–Crippen LogP) is 2.72. The second-order valence-electron chi connectivity index (χ2n) is 4.91. The summed E-state index contributed by atoms with van der Waals surface area (Å²) in [5.41, 5.74) is 1.23. The van der Waals surface area contributed by atoms with E-state index in [9.17, 15) is 4.79 Å². The predicted molar refractivity (Wildman–Crippen MR) is 81.4 cm³/mol. The first-order valence-electron chi connectivity index (χ1n) is 6.48. The third-order valence-electron chi connectivity index (χ3n) is 3.28. The summed E-state index contributed by atoms with van der Waals surface area (Å²) in [7, 11) is 3.75. The van der Waals surface area contributed by atoms with E-state index >= 15 is 0 Å². The van der Waals surface area contributed by atoms with Crippen LogP contribution < -0.4 is 5.32 Å². The first-order valence-corrected chi connectivity index (χ1v) is 7.36. The van der Waals surface area contributed by atoms with Gasteiger partial charge < -0.3 is 10.2 Å². The molecule has 4 heteroatoms. The summed E-state index contributed by atoms with van der Waals surface area (Å²) >= 11 is 1.74. The Morgan fingerprint density at radius 1 is 1.42 bits per heavy atom. The molecule has 0 spiro atoms. The lowest BCUT2D eigenvalue weighted by atomic mass is 10.1. The largest absolute Gasteiger partial charge is 0.341 e. The highest BCUT2D eigenvalue weighted by Gasteiger charge is 2.17. The van der Waals surface area contributed by atoms with Crippen molar-refractivity contribution in [3.05, 3.63) is 35.2 Å². The number of hydrogen-bond acceptors (Lipinski definition) is 3. The van der Waals surface area contributed by atoms with Gasteiger partial charge in [-0.15, -0.1) is 11.3 Å². The van der Waals surface area contributed by atoms with Gasteiger partial charge in [0, 0.05) is 30.8 Å². The van der Waals surface area contributed by atoms with Crippen LogP contribution in [0.25, 0.3) is 10.1 Å². The standard InChI is InChI=1S/C15H20N2OS/c1-11(8-16-2)15(18)17(3)9-12-10-19-14-7-5-4-6-13(12)14/h4-7,10-11,16H,8-9H2,1-3H3. The summed E-state index contributed by atoms with van der Waals surface area (Å²) in [4.78, 5) is 14.0. The second kappa shape index (κ2) is 6.17. The average molecular weight is 276 g/mol. The molecular formula is C15H20N2OS. The van der Waals surface area contributed by atoms with Crippen molar-refractivity contribution in [2.45, 2.75) is 13.5 Å². The number of fused-ring (bicyclic) bond motifs is 1. The van der Waals surface area contributed by atoms with E-state index in [0.29, 0.717) is 13.1 Å². The van der Waals surface area contributed by atoms with E-state index in [4.69, 9.17) is 0 Å². The molecule has 0 bridgehead atoms. The molecular weight excluding hydrogens is 256 g/mol. The number of hydrogen-bond donors (Lipinski definition) is 1. The van der Waals surface area contributed by atoms with Crippen molar-refractivity contribution in [1.29, 1.82) is 0 Å². The lowest BCUT2D eigenvalue weighted by molar-refractivity contribution is -0.134. The van der Waals surface area contributed by atoms with Gasteiger partial charge in [-0.05, 0) is 29.4 Å². The van der Waals surface area contributed by atoms with Gasteiger partial charge in [0.15, 0.2) is 0 Å². The monoisotopic (exact) mass is 276 g/mol. The molecule has 0 radical (unpaired) electrons. The molecule has 1 aromatic heterocycles. The Balaban J connectivity index is 2.10. The molecule has 0 fully saturated rings. The number of amides is 1. The highest BCUT2D eigenvalue weighted by Crippen LogP contribution is 2.26. The smallest absolute Gasteiger partial charge is 0.226 e. The second-order valence-corrected chi connectivity index (χ2v) is 5.82. The van der Waals surface area contributed by atoms with Crippen LogP contribution in [0.15, 0.2) is 29.6 Å². The summed E-state index contributed by atoms with van der Waals surface area (Å²) in [5.74, 6) is 0.199. The molecule has 3 nitrogen and oxygen atoms in total. The Labute approximate surface area is 118 Å². The van der Waals surface area contributed by atoms with Crippen molar-refractivity contribution in [1.82, 2.24) is 10.2 Å². The molecule has 0 aliphatic heterocycles. The summed E-state index contributed by atoms with van der Waals surface area (Å²) in [5, 5.41) is 6.45. The van der Waals surface area contributed by atoms with Crippen molar-refractivity contribution < 1.29 is 4.79 Å². The first-order chi connectivity index (χ1) is 9.13. The molecule has 1 unspecified atom stereocenters. The Kier molecular flexibility index (Phi) is 4.56. The lowest BCUT2D eigenvalue weighted by Crippen LogP contribution is -2.35. The number of nitrogens with one attached hydrogen (secondary N) is 1. The Hall–Kier alpha value is -1.39. The molecule has 0 saturated carbocycles. The SMILES string of the molecule is CNCC(C)C(=O)N(C)Cc1csc2ccccc12. The van der Waals surface area contributed by atoms with Crippen LogP contribution in [-0.4, -0.2) is 31.4 Å². The van der Waals surface area contributed by atoms with Crippen molar-refractivity contribution in [3.8, 4) is 0 Å². The van der Waals surface area contributed by atoms with Gasteiger partial charge in [0.25, 0.3) is 0 Å². The summed E-state index contributed by atoms with van der Waals surface area (Å²) in [6, 6.07) is 8.34. The number of benzene rings is 1. The van der Waals surface area contributed by atoms with E-state index in [2.05, 4.69) is 22.8 Å². The van der Waals surface area contributed by atoms with E-state index in [1.165, 1.54) is 15.6 Å². The van der Waals surface area contributed by atoms with Gasteiger partial charge in [-0.1, -0.05) is 25.1 Å². The number of nitrogens with zero attached hydrogens (tertiary/aromatic N) is 1. The van der Waals surface area contributed by atoms with E-state index in [1.54, 1.807) is 11.3 Å². The van der Waals surface area contributed by atoms with Gasteiger partial charge >= 0.3 is 0 Å². The summed E-state index contributed by atoms with van der Waals surface area (Å²) < 4.78 is 1.28. The van der Waals surface area contributed by atoms with Crippen LogP contribution in [0.4, 0.5) is 0 Å².